The fourth-order valence-electron chi connectivity index (χ4n) is 1.23. The summed E-state index contributed by atoms with van der Waals surface area (Å²) in [5.74, 6) is 1.59. The van der Waals surface area contributed by atoms with E-state index >= 15 is 0 Å². The first-order chi connectivity index (χ1) is 7.76. The van der Waals surface area contributed by atoms with Crippen LogP contribution >= 0.6 is 0 Å². The van der Waals surface area contributed by atoms with Crippen molar-refractivity contribution in [2.24, 2.45) is 4.99 Å². The molecule has 0 aromatic carbocycles. The van der Waals surface area contributed by atoms with Crippen LogP contribution in [0.15, 0.2) is 64.7 Å². The van der Waals surface area contributed by atoms with Gasteiger partial charge in [-0.25, -0.2) is 0 Å². The smallest absolute Gasteiger partial charge is 0.127 e. The van der Waals surface area contributed by atoms with Gasteiger partial charge in [0, 0.05) is 6.20 Å². The molecule has 0 saturated heterocycles. The van der Waals surface area contributed by atoms with Crippen LogP contribution in [0.1, 0.15) is 20.3 Å². The van der Waals surface area contributed by atoms with Gasteiger partial charge in [-0.1, -0.05) is 17.7 Å². The van der Waals surface area contributed by atoms with Gasteiger partial charge in [0.2, 0.25) is 0 Å². The van der Waals surface area contributed by atoms with Crippen molar-refractivity contribution in [2.75, 3.05) is 0 Å². The number of nitrogens with zero attached hydrogens (tertiary/aromatic N) is 1. The van der Waals surface area contributed by atoms with Crippen LogP contribution < -0.4 is 0 Å². The summed E-state index contributed by atoms with van der Waals surface area (Å²) >= 11 is 0. The first-order valence-electron chi connectivity index (χ1n) is 5.27. The Labute approximate surface area is 97.0 Å². The SMILES string of the molecule is C=N/C=C\C(=C/C)OC1=CC=C(C)CC=C1. The predicted molar refractivity (Wildman–Crippen MR) is 69.1 cm³/mol. The van der Waals surface area contributed by atoms with E-state index in [1.54, 1.807) is 12.3 Å². The van der Waals surface area contributed by atoms with E-state index in [4.69, 9.17) is 4.74 Å². The van der Waals surface area contributed by atoms with Crippen LogP contribution in [0.25, 0.3) is 0 Å². The molecule has 0 aromatic rings. The Morgan fingerprint density at radius 3 is 3.00 bits per heavy atom. The summed E-state index contributed by atoms with van der Waals surface area (Å²) in [6.45, 7) is 7.40. The second kappa shape index (κ2) is 6.62. The molecule has 1 aliphatic carbocycles. The highest BCUT2D eigenvalue weighted by Crippen LogP contribution is 2.15. The minimum atomic E-state index is 0.760. The lowest BCUT2D eigenvalue weighted by Gasteiger charge is -2.05. The van der Waals surface area contributed by atoms with Crippen molar-refractivity contribution < 1.29 is 4.74 Å². The zero-order chi connectivity index (χ0) is 11.8. The van der Waals surface area contributed by atoms with E-state index in [9.17, 15) is 0 Å². The van der Waals surface area contributed by atoms with Gasteiger partial charge in [-0.2, -0.15) is 0 Å². The lowest BCUT2D eigenvalue weighted by molar-refractivity contribution is 0.335. The van der Waals surface area contributed by atoms with Gasteiger partial charge in [-0.3, -0.25) is 4.99 Å². The summed E-state index contributed by atoms with van der Waals surface area (Å²) in [6.07, 6.45) is 14.4. The van der Waals surface area contributed by atoms with E-state index < -0.39 is 0 Å². The Balaban J connectivity index is 2.73. The number of ether oxygens (including phenoxy) is 1. The number of aliphatic imine (C=N–C) groups is 1. The van der Waals surface area contributed by atoms with Gasteiger partial charge in [-0.15, -0.1) is 0 Å². The van der Waals surface area contributed by atoms with Crippen LogP contribution in [0.5, 0.6) is 0 Å². The van der Waals surface area contributed by atoms with Crippen LogP contribution in [0.4, 0.5) is 0 Å². The van der Waals surface area contributed by atoms with Crippen molar-refractivity contribution in [2.45, 2.75) is 20.3 Å². The Morgan fingerprint density at radius 2 is 2.31 bits per heavy atom. The summed E-state index contributed by atoms with van der Waals surface area (Å²) < 4.78 is 5.69. The van der Waals surface area contributed by atoms with Gasteiger partial charge >= 0.3 is 0 Å². The van der Waals surface area contributed by atoms with Gasteiger partial charge in [0.15, 0.2) is 0 Å². The minimum absolute atomic E-state index is 0.760. The quantitative estimate of drug-likeness (QED) is 0.396. The summed E-state index contributed by atoms with van der Waals surface area (Å²) in [5.41, 5.74) is 1.32. The lowest BCUT2D eigenvalue weighted by atomic mass is 10.2. The van der Waals surface area contributed by atoms with Gasteiger partial charge in [-0.05, 0) is 51.3 Å². The van der Waals surface area contributed by atoms with Crippen molar-refractivity contribution >= 4 is 6.72 Å². The van der Waals surface area contributed by atoms with Crippen molar-refractivity contribution in [1.29, 1.82) is 0 Å². The summed E-state index contributed by atoms with van der Waals surface area (Å²) in [5, 5.41) is 0. The summed E-state index contributed by atoms with van der Waals surface area (Å²) in [7, 11) is 0. The summed E-state index contributed by atoms with van der Waals surface area (Å²) in [6, 6.07) is 0. The third-order valence-corrected chi connectivity index (χ3v) is 2.12. The van der Waals surface area contributed by atoms with Gasteiger partial charge in [0.1, 0.15) is 11.5 Å². The normalized spacial score (nSPS) is 16.8. The van der Waals surface area contributed by atoms with Crippen LogP contribution in [0, 0.1) is 0 Å². The van der Waals surface area contributed by atoms with Crippen LogP contribution in [-0.2, 0) is 4.74 Å². The molecule has 0 aliphatic heterocycles. The third kappa shape index (κ3) is 4.13. The molecule has 0 atom stereocenters. The molecule has 0 bridgehead atoms. The average molecular weight is 215 g/mol. The zero-order valence-electron chi connectivity index (χ0n) is 9.81. The number of hydrogen-bond acceptors (Lipinski definition) is 2. The monoisotopic (exact) mass is 215 g/mol. The fourth-order valence-corrected chi connectivity index (χ4v) is 1.23. The minimum Gasteiger partial charge on any atom is -0.458 e. The van der Waals surface area contributed by atoms with Crippen LogP contribution in [-0.4, -0.2) is 6.72 Å². The molecule has 0 heterocycles. The molecule has 2 nitrogen and oxygen atoms in total. The molecule has 2 heteroatoms. The standard InChI is InChI=1S/C14H17NO/c1-4-13(10-11-15-3)16-14-7-5-6-12(2)8-9-14/h4-5,7-11H,3,6H2,1-2H3/b11-10-,13-4+. The van der Waals surface area contributed by atoms with Gasteiger partial charge in [0.05, 0.1) is 0 Å². The first kappa shape index (κ1) is 12.2. The number of allylic oxidation sites excluding steroid dienone is 7. The molecule has 0 radical (unpaired) electrons. The van der Waals surface area contributed by atoms with Gasteiger partial charge < -0.3 is 4.74 Å². The molecule has 0 saturated carbocycles. The number of rotatable bonds is 4. The molecule has 0 aromatic heterocycles. The maximum Gasteiger partial charge on any atom is 0.127 e. The fraction of sp³-hybridized carbons (Fsp3) is 0.214. The third-order valence-electron chi connectivity index (χ3n) is 2.12. The Bertz CT molecular complexity index is 395. The maximum absolute atomic E-state index is 5.69. The molecule has 0 N–H and O–H groups in total. The average Bonchev–Trinajstić information content (AvgIpc) is 2.49. The summed E-state index contributed by atoms with van der Waals surface area (Å²) in [4.78, 5) is 3.65. The highest BCUT2D eigenvalue weighted by atomic mass is 16.5. The first-order valence-corrected chi connectivity index (χ1v) is 5.27. The maximum atomic E-state index is 5.69. The zero-order valence-corrected chi connectivity index (χ0v) is 9.81. The van der Waals surface area contributed by atoms with Crippen LogP contribution in [0.2, 0.25) is 0 Å². The van der Waals surface area contributed by atoms with E-state index in [1.165, 1.54) is 5.57 Å². The highest BCUT2D eigenvalue weighted by molar-refractivity contribution is 5.30. The van der Waals surface area contributed by atoms with E-state index in [0.717, 1.165) is 17.9 Å². The van der Waals surface area contributed by atoms with E-state index in [1.807, 2.05) is 25.2 Å². The van der Waals surface area contributed by atoms with E-state index in [-0.39, 0.29) is 0 Å². The predicted octanol–water partition coefficient (Wildman–Crippen LogP) is 3.91. The van der Waals surface area contributed by atoms with E-state index in [0.29, 0.717) is 0 Å². The molecule has 0 fully saturated rings. The molecule has 84 valence electrons. The van der Waals surface area contributed by atoms with Crippen molar-refractivity contribution in [3.05, 3.63) is 59.7 Å². The molecule has 0 amide bonds. The Hall–Kier alpha value is -1.83. The number of hydrogen-bond donors (Lipinski definition) is 0. The van der Waals surface area contributed by atoms with Gasteiger partial charge in [0.25, 0.3) is 0 Å². The molecule has 0 spiro atoms. The molecule has 1 rings (SSSR count). The van der Waals surface area contributed by atoms with Crippen LogP contribution in [0.3, 0.4) is 0 Å². The largest absolute Gasteiger partial charge is 0.458 e. The molecular weight excluding hydrogens is 198 g/mol. The van der Waals surface area contributed by atoms with Crippen molar-refractivity contribution in [3.8, 4) is 0 Å². The molecule has 1 aliphatic rings. The van der Waals surface area contributed by atoms with Crippen molar-refractivity contribution in [1.82, 2.24) is 0 Å². The highest BCUT2D eigenvalue weighted by Gasteiger charge is 1.99. The Morgan fingerprint density at radius 1 is 1.50 bits per heavy atom. The lowest BCUT2D eigenvalue weighted by Crippen LogP contribution is -1.87. The topological polar surface area (TPSA) is 21.6 Å². The van der Waals surface area contributed by atoms with Crippen molar-refractivity contribution in [3.63, 3.8) is 0 Å². The molecular formula is C14H17NO. The molecule has 0 unspecified atom stereocenters. The Kier molecular flexibility index (Phi) is 5.06. The molecule has 16 heavy (non-hydrogen) atoms. The van der Waals surface area contributed by atoms with E-state index in [2.05, 4.69) is 30.8 Å². The second-order valence-electron chi connectivity index (χ2n) is 3.48. The second-order valence-corrected chi connectivity index (χ2v) is 3.48.